The van der Waals surface area contributed by atoms with Crippen LogP contribution in [0.4, 0.5) is 5.82 Å². The van der Waals surface area contributed by atoms with Crippen molar-refractivity contribution >= 4 is 12.2 Å². The summed E-state index contributed by atoms with van der Waals surface area (Å²) in [5.41, 5.74) is 0.966. The van der Waals surface area contributed by atoms with Gasteiger partial charge in [-0.2, -0.15) is 0 Å². The number of rotatable bonds is 3. The first-order valence-corrected chi connectivity index (χ1v) is 6.51. The zero-order valence-corrected chi connectivity index (χ0v) is 12.6. The Labute approximate surface area is 122 Å². The number of aromatic nitrogens is 2. The van der Waals surface area contributed by atoms with Gasteiger partial charge < -0.3 is 4.90 Å². The fourth-order valence-corrected chi connectivity index (χ4v) is 1.82. The molecule has 0 amide bonds. The molecule has 0 aliphatic heterocycles. The van der Waals surface area contributed by atoms with Crippen molar-refractivity contribution in [3.63, 3.8) is 0 Å². The standard InChI is InChI=1S/C15H18N4O2/c1-11-5-7-12(8-6-11)19-13(16-10-17(2)3)9-14(20)18(4)15(19)21/h5-10H,1-4H3/b16-10+. The first kappa shape index (κ1) is 14.8. The molecule has 0 fully saturated rings. The molecular formula is C15H18N4O2. The average molecular weight is 286 g/mol. The van der Waals surface area contributed by atoms with Crippen LogP contribution in [0.2, 0.25) is 0 Å². The van der Waals surface area contributed by atoms with Gasteiger partial charge in [0.1, 0.15) is 5.82 Å². The maximum atomic E-state index is 12.4. The molecular weight excluding hydrogens is 268 g/mol. The van der Waals surface area contributed by atoms with Gasteiger partial charge in [-0.05, 0) is 19.1 Å². The maximum absolute atomic E-state index is 12.4. The molecule has 0 bridgehead atoms. The van der Waals surface area contributed by atoms with Crippen molar-refractivity contribution in [2.45, 2.75) is 6.92 Å². The molecule has 2 aromatic rings. The van der Waals surface area contributed by atoms with Gasteiger partial charge in [0.25, 0.3) is 5.56 Å². The molecule has 110 valence electrons. The van der Waals surface area contributed by atoms with Gasteiger partial charge in [0, 0.05) is 27.2 Å². The summed E-state index contributed by atoms with van der Waals surface area (Å²) < 4.78 is 2.48. The Morgan fingerprint density at radius 3 is 2.33 bits per heavy atom. The number of aliphatic imine (C=N–C) groups is 1. The highest BCUT2D eigenvalue weighted by Crippen LogP contribution is 2.14. The van der Waals surface area contributed by atoms with Gasteiger partial charge in [-0.25, -0.2) is 14.4 Å². The molecule has 0 atom stereocenters. The van der Waals surface area contributed by atoms with Crippen LogP contribution in [0.5, 0.6) is 0 Å². The number of benzene rings is 1. The highest BCUT2D eigenvalue weighted by atomic mass is 16.2. The van der Waals surface area contributed by atoms with Gasteiger partial charge in [-0.1, -0.05) is 17.7 Å². The predicted octanol–water partition coefficient (Wildman–Crippen LogP) is 1.07. The van der Waals surface area contributed by atoms with Crippen molar-refractivity contribution in [1.82, 2.24) is 14.0 Å². The number of nitrogens with zero attached hydrogens (tertiary/aromatic N) is 4. The van der Waals surface area contributed by atoms with E-state index in [1.54, 1.807) is 11.2 Å². The topological polar surface area (TPSA) is 59.6 Å². The lowest BCUT2D eigenvalue weighted by Gasteiger charge is -2.12. The number of hydrogen-bond acceptors (Lipinski definition) is 3. The Balaban J connectivity index is 2.73. The van der Waals surface area contributed by atoms with Crippen LogP contribution in [0.15, 0.2) is 44.9 Å². The monoisotopic (exact) mass is 286 g/mol. The van der Waals surface area contributed by atoms with E-state index in [9.17, 15) is 9.59 Å². The molecule has 21 heavy (non-hydrogen) atoms. The van der Waals surface area contributed by atoms with Gasteiger partial charge in [0.15, 0.2) is 0 Å². The van der Waals surface area contributed by atoms with E-state index in [-0.39, 0.29) is 5.56 Å². The molecule has 1 heterocycles. The highest BCUT2D eigenvalue weighted by molar-refractivity contribution is 5.60. The van der Waals surface area contributed by atoms with Crippen LogP contribution < -0.4 is 11.2 Å². The summed E-state index contributed by atoms with van der Waals surface area (Å²) in [4.78, 5) is 30.1. The molecule has 2 rings (SSSR count). The molecule has 0 aliphatic rings. The minimum atomic E-state index is -0.419. The average Bonchev–Trinajstić information content (AvgIpc) is 2.44. The lowest BCUT2D eigenvalue weighted by Crippen LogP contribution is -2.36. The van der Waals surface area contributed by atoms with Gasteiger partial charge in [-0.3, -0.25) is 9.36 Å². The summed E-state index contributed by atoms with van der Waals surface area (Å²) in [6, 6.07) is 8.83. The third-order valence-corrected chi connectivity index (χ3v) is 3.00. The number of aryl methyl sites for hydroxylation is 1. The van der Waals surface area contributed by atoms with Crippen molar-refractivity contribution in [3.8, 4) is 5.69 Å². The van der Waals surface area contributed by atoms with Crippen LogP contribution >= 0.6 is 0 Å². The summed E-state index contributed by atoms with van der Waals surface area (Å²) in [6.07, 6.45) is 1.55. The molecule has 1 aromatic heterocycles. The van der Waals surface area contributed by atoms with Crippen LogP contribution in [0.3, 0.4) is 0 Å². The predicted molar refractivity (Wildman–Crippen MR) is 83.9 cm³/mol. The Hall–Kier alpha value is -2.63. The molecule has 1 aromatic carbocycles. The molecule has 0 saturated carbocycles. The minimum Gasteiger partial charge on any atom is -0.369 e. The Kier molecular flexibility index (Phi) is 4.07. The second-order valence-corrected chi connectivity index (χ2v) is 5.06. The second-order valence-electron chi connectivity index (χ2n) is 5.06. The van der Waals surface area contributed by atoms with Gasteiger partial charge in [0.05, 0.1) is 12.0 Å². The van der Waals surface area contributed by atoms with E-state index >= 15 is 0 Å². The van der Waals surface area contributed by atoms with Crippen LogP contribution in [0, 0.1) is 6.92 Å². The zero-order valence-electron chi connectivity index (χ0n) is 12.6. The van der Waals surface area contributed by atoms with Gasteiger partial charge in [-0.15, -0.1) is 0 Å². The van der Waals surface area contributed by atoms with Crippen molar-refractivity contribution in [3.05, 3.63) is 56.7 Å². The third kappa shape index (κ3) is 3.10. The van der Waals surface area contributed by atoms with E-state index < -0.39 is 5.69 Å². The molecule has 0 aliphatic carbocycles. The Bertz CT molecular complexity index is 783. The van der Waals surface area contributed by atoms with Gasteiger partial charge in [0.2, 0.25) is 0 Å². The normalized spacial score (nSPS) is 11.0. The fraction of sp³-hybridized carbons (Fsp3) is 0.267. The Morgan fingerprint density at radius 1 is 1.14 bits per heavy atom. The third-order valence-electron chi connectivity index (χ3n) is 3.00. The number of hydrogen-bond donors (Lipinski definition) is 0. The van der Waals surface area contributed by atoms with Crippen LogP contribution in [-0.4, -0.2) is 34.5 Å². The van der Waals surface area contributed by atoms with E-state index in [0.717, 1.165) is 10.1 Å². The maximum Gasteiger partial charge on any atom is 0.337 e. The van der Waals surface area contributed by atoms with Crippen LogP contribution in [-0.2, 0) is 7.05 Å². The quantitative estimate of drug-likeness (QED) is 0.626. The first-order valence-electron chi connectivity index (χ1n) is 6.51. The second kappa shape index (κ2) is 5.78. The van der Waals surface area contributed by atoms with E-state index in [0.29, 0.717) is 11.5 Å². The summed E-state index contributed by atoms with van der Waals surface area (Å²) in [7, 11) is 5.09. The molecule has 0 saturated heterocycles. The van der Waals surface area contributed by atoms with Crippen molar-refractivity contribution in [1.29, 1.82) is 0 Å². The van der Waals surface area contributed by atoms with E-state index in [4.69, 9.17) is 0 Å². The summed E-state index contributed by atoms with van der Waals surface area (Å²) in [6.45, 7) is 1.97. The molecule has 0 N–H and O–H groups in total. The SMILES string of the molecule is Cc1ccc(-n2c(/N=C/N(C)C)cc(=O)n(C)c2=O)cc1. The largest absolute Gasteiger partial charge is 0.369 e. The minimum absolute atomic E-state index is 0.306. The van der Waals surface area contributed by atoms with Crippen molar-refractivity contribution < 1.29 is 0 Å². The molecule has 0 unspecified atom stereocenters. The van der Waals surface area contributed by atoms with E-state index in [2.05, 4.69) is 4.99 Å². The van der Waals surface area contributed by atoms with E-state index in [1.165, 1.54) is 17.7 Å². The smallest absolute Gasteiger partial charge is 0.337 e. The molecule has 0 spiro atoms. The Morgan fingerprint density at radius 2 is 1.76 bits per heavy atom. The molecule has 6 nitrogen and oxygen atoms in total. The highest BCUT2D eigenvalue weighted by Gasteiger charge is 2.10. The summed E-state index contributed by atoms with van der Waals surface area (Å²) in [5.74, 6) is 0.306. The van der Waals surface area contributed by atoms with Crippen LogP contribution in [0.25, 0.3) is 5.69 Å². The fourth-order valence-electron chi connectivity index (χ4n) is 1.82. The first-order chi connectivity index (χ1) is 9.90. The zero-order chi connectivity index (χ0) is 15.6. The van der Waals surface area contributed by atoms with E-state index in [1.807, 2.05) is 45.3 Å². The van der Waals surface area contributed by atoms with Crippen LogP contribution in [0.1, 0.15) is 5.56 Å². The lowest BCUT2D eigenvalue weighted by molar-refractivity contribution is 0.641. The lowest BCUT2D eigenvalue weighted by atomic mass is 10.2. The van der Waals surface area contributed by atoms with Crippen molar-refractivity contribution in [2.24, 2.45) is 12.0 Å². The summed E-state index contributed by atoms with van der Waals surface area (Å²) in [5, 5.41) is 0. The van der Waals surface area contributed by atoms with Gasteiger partial charge >= 0.3 is 5.69 Å². The molecule has 6 heteroatoms. The molecule has 0 radical (unpaired) electrons. The van der Waals surface area contributed by atoms with Crippen molar-refractivity contribution in [2.75, 3.05) is 14.1 Å². The summed E-state index contributed by atoms with van der Waals surface area (Å²) >= 11 is 0.